The highest BCUT2D eigenvalue weighted by molar-refractivity contribution is 7.16. The third-order valence-electron chi connectivity index (χ3n) is 4.21. The number of aromatic nitrogens is 1. The highest BCUT2D eigenvalue weighted by atomic mass is 32.1. The van der Waals surface area contributed by atoms with Crippen LogP contribution in [0.3, 0.4) is 0 Å². The first-order valence-electron chi connectivity index (χ1n) is 8.48. The van der Waals surface area contributed by atoms with E-state index < -0.39 is 10.8 Å². The first kappa shape index (κ1) is 18.7. The molecule has 0 aliphatic heterocycles. The molecule has 138 valence electrons. The van der Waals surface area contributed by atoms with Gasteiger partial charge in [0.25, 0.3) is 11.6 Å². The van der Waals surface area contributed by atoms with E-state index >= 15 is 0 Å². The number of rotatable bonds is 5. The monoisotopic (exact) mass is 381 g/mol. The molecule has 0 atom stereocenters. The van der Waals surface area contributed by atoms with Crippen molar-refractivity contribution in [1.82, 2.24) is 4.57 Å². The molecule has 1 heterocycles. The number of nitro groups is 1. The van der Waals surface area contributed by atoms with E-state index in [1.807, 2.05) is 10.6 Å². The topological polar surface area (TPSA) is 77.5 Å². The van der Waals surface area contributed by atoms with Crippen molar-refractivity contribution >= 4 is 33.1 Å². The minimum Gasteiger partial charge on any atom is -0.312 e. The van der Waals surface area contributed by atoms with Gasteiger partial charge in [0, 0.05) is 24.2 Å². The Kier molecular flexibility index (Phi) is 5.32. The molecule has 3 rings (SSSR count). The summed E-state index contributed by atoms with van der Waals surface area (Å²) in [6.45, 7) is 8.59. The molecule has 0 aliphatic rings. The van der Waals surface area contributed by atoms with Gasteiger partial charge in [-0.3, -0.25) is 14.9 Å². The van der Waals surface area contributed by atoms with Crippen molar-refractivity contribution in [1.29, 1.82) is 0 Å². The summed E-state index contributed by atoms with van der Waals surface area (Å²) < 4.78 is 3.00. The molecule has 0 N–H and O–H groups in total. The number of allylic oxidation sites excluding steroid dienone is 1. The Balaban J connectivity index is 2.07. The van der Waals surface area contributed by atoms with Gasteiger partial charge in [0.15, 0.2) is 4.80 Å². The zero-order valence-electron chi connectivity index (χ0n) is 15.1. The summed E-state index contributed by atoms with van der Waals surface area (Å²) in [4.78, 5) is 27.6. The number of nitrogens with zero attached hydrogens (tertiary/aromatic N) is 3. The zero-order chi connectivity index (χ0) is 19.6. The summed E-state index contributed by atoms with van der Waals surface area (Å²) in [5.74, 6) is -0.0233. The molecule has 1 amide bonds. The second-order valence-electron chi connectivity index (χ2n) is 6.39. The number of thiazole rings is 1. The minimum absolute atomic E-state index is 0.0589. The van der Waals surface area contributed by atoms with Gasteiger partial charge in [-0.2, -0.15) is 4.99 Å². The quantitative estimate of drug-likeness (QED) is 0.366. The SMILES string of the molecule is C=CCn1c(=NC(=O)c2ccc([N+](=O)[O-])cc2)sc2cc(C(C)C)ccc21. The van der Waals surface area contributed by atoms with Crippen LogP contribution in [0.2, 0.25) is 0 Å². The summed E-state index contributed by atoms with van der Waals surface area (Å²) in [7, 11) is 0. The molecule has 0 saturated heterocycles. The molecule has 0 radical (unpaired) electrons. The van der Waals surface area contributed by atoms with Crippen LogP contribution in [0.15, 0.2) is 60.1 Å². The molecular weight excluding hydrogens is 362 g/mol. The van der Waals surface area contributed by atoms with E-state index in [1.165, 1.54) is 41.2 Å². The molecule has 0 fully saturated rings. The number of carbonyl (C=O) groups is 1. The molecule has 0 saturated carbocycles. The van der Waals surface area contributed by atoms with Crippen molar-refractivity contribution in [2.45, 2.75) is 26.3 Å². The molecule has 0 bridgehead atoms. The third-order valence-corrected chi connectivity index (χ3v) is 5.25. The fourth-order valence-corrected chi connectivity index (χ4v) is 3.80. The van der Waals surface area contributed by atoms with Crippen LogP contribution in [0.25, 0.3) is 10.2 Å². The van der Waals surface area contributed by atoms with Gasteiger partial charge in [-0.05, 0) is 35.7 Å². The summed E-state index contributed by atoms with van der Waals surface area (Å²) >= 11 is 1.45. The van der Waals surface area contributed by atoms with Crippen molar-refractivity contribution in [3.63, 3.8) is 0 Å². The van der Waals surface area contributed by atoms with Crippen LogP contribution in [0.5, 0.6) is 0 Å². The van der Waals surface area contributed by atoms with E-state index in [0.717, 1.165) is 10.2 Å². The number of nitro benzene ring substituents is 1. The van der Waals surface area contributed by atoms with Crippen molar-refractivity contribution in [2.75, 3.05) is 0 Å². The summed E-state index contributed by atoms with van der Waals surface area (Å²) in [6, 6.07) is 11.7. The molecular formula is C20H19N3O3S. The Bertz CT molecular complexity index is 1090. The van der Waals surface area contributed by atoms with Crippen LogP contribution in [0.1, 0.15) is 35.7 Å². The Morgan fingerprint density at radius 3 is 2.59 bits per heavy atom. The lowest BCUT2D eigenvalue weighted by molar-refractivity contribution is -0.384. The average molecular weight is 381 g/mol. The first-order valence-corrected chi connectivity index (χ1v) is 9.30. The molecule has 1 aromatic heterocycles. The van der Waals surface area contributed by atoms with E-state index in [0.29, 0.717) is 22.8 Å². The fraction of sp³-hybridized carbons (Fsp3) is 0.200. The Morgan fingerprint density at radius 1 is 1.30 bits per heavy atom. The molecule has 0 aliphatic carbocycles. The van der Waals surface area contributed by atoms with Crippen LogP contribution < -0.4 is 4.80 Å². The summed E-state index contributed by atoms with van der Waals surface area (Å²) in [5, 5.41) is 10.8. The lowest BCUT2D eigenvalue weighted by Crippen LogP contribution is -2.16. The van der Waals surface area contributed by atoms with Gasteiger partial charge in [0.2, 0.25) is 0 Å². The highest BCUT2D eigenvalue weighted by Gasteiger charge is 2.12. The van der Waals surface area contributed by atoms with Crippen molar-refractivity contribution in [3.05, 3.63) is 81.2 Å². The molecule has 0 spiro atoms. The maximum atomic E-state index is 12.5. The number of benzene rings is 2. The number of hydrogen-bond donors (Lipinski definition) is 0. The summed E-state index contributed by atoms with van der Waals surface area (Å²) in [5.41, 5.74) is 2.48. The van der Waals surface area contributed by atoms with Gasteiger partial charge in [-0.15, -0.1) is 6.58 Å². The lowest BCUT2D eigenvalue weighted by Gasteiger charge is -2.05. The van der Waals surface area contributed by atoms with Crippen LogP contribution >= 0.6 is 11.3 Å². The molecule has 6 nitrogen and oxygen atoms in total. The second kappa shape index (κ2) is 7.67. The number of non-ortho nitro benzene ring substituents is 1. The van der Waals surface area contributed by atoms with Crippen LogP contribution in [0.4, 0.5) is 5.69 Å². The predicted molar refractivity (Wildman–Crippen MR) is 107 cm³/mol. The van der Waals surface area contributed by atoms with Gasteiger partial charge in [0.1, 0.15) is 0 Å². The molecule has 7 heteroatoms. The van der Waals surface area contributed by atoms with Crippen LogP contribution in [-0.4, -0.2) is 15.4 Å². The third kappa shape index (κ3) is 3.88. The van der Waals surface area contributed by atoms with Gasteiger partial charge in [-0.25, -0.2) is 0 Å². The van der Waals surface area contributed by atoms with E-state index in [9.17, 15) is 14.9 Å². The van der Waals surface area contributed by atoms with E-state index in [2.05, 4.69) is 37.6 Å². The second-order valence-corrected chi connectivity index (χ2v) is 7.40. The Labute approximate surface area is 160 Å². The number of carbonyl (C=O) groups excluding carboxylic acids is 1. The molecule has 2 aromatic carbocycles. The van der Waals surface area contributed by atoms with Gasteiger partial charge in [-0.1, -0.05) is 37.3 Å². The van der Waals surface area contributed by atoms with Crippen molar-refractivity contribution in [2.24, 2.45) is 4.99 Å². The fourth-order valence-electron chi connectivity index (χ4n) is 2.72. The van der Waals surface area contributed by atoms with Gasteiger partial charge < -0.3 is 4.57 Å². The molecule has 27 heavy (non-hydrogen) atoms. The van der Waals surface area contributed by atoms with Gasteiger partial charge in [0.05, 0.1) is 15.1 Å². The van der Waals surface area contributed by atoms with Crippen molar-refractivity contribution < 1.29 is 9.72 Å². The Hall–Kier alpha value is -3.06. The predicted octanol–water partition coefficient (Wildman–Crippen LogP) is 4.66. The zero-order valence-corrected chi connectivity index (χ0v) is 15.9. The van der Waals surface area contributed by atoms with Crippen LogP contribution in [0, 0.1) is 10.1 Å². The molecule has 0 unspecified atom stereocenters. The summed E-state index contributed by atoms with van der Waals surface area (Å²) in [6.07, 6.45) is 1.76. The highest BCUT2D eigenvalue weighted by Crippen LogP contribution is 2.23. The van der Waals surface area contributed by atoms with Crippen LogP contribution in [-0.2, 0) is 6.54 Å². The van der Waals surface area contributed by atoms with E-state index in [4.69, 9.17) is 0 Å². The number of amides is 1. The minimum atomic E-state index is -0.498. The molecule has 3 aromatic rings. The smallest absolute Gasteiger partial charge is 0.279 e. The van der Waals surface area contributed by atoms with Gasteiger partial charge >= 0.3 is 0 Å². The normalized spacial score (nSPS) is 11.9. The largest absolute Gasteiger partial charge is 0.312 e. The average Bonchev–Trinajstić information content (AvgIpc) is 2.98. The maximum Gasteiger partial charge on any atom is 0.279 e. The lowest BCUT2D eigenvalue weighted by atomic mass is 10.0. The number of hydrogen-bond acceptors (Lipinski definition) is 4. The van der Waals surface area contributed by atoms with E-state index in [1.54, 1.807) is 6.08 Å². The van der Waals surface area contributed by atoms with Crippen molar-refractivity contribution in [3.8, 4) is 0 Å². The maximum absolute atomic E-state index is 12.5. The number of fused-ring (bicyclic) bond motifs is 1. The first-order chi connectivity index (χ1) is 12.9. The van der Waals surface area contributed by atoms with E-state index in [-0.39, 0.29) is 5.69 Å². The standard InChI is InChI=1S/C20H19N3O3S/c1-4-11-22-17-10-7-15(13(2)3)12-18(17)27-20(22)21-19(24)14-5-8-16(9-6-14)23(25)26/h4-10,12-13H,1,11H2,2-3H3. The Morgan fingerprint density at radius 2 is 2.00 bits per heavy atom.